The minimum Gasteiger partial charge on any atom is -0.477 e. The molecule has 0 aliphatic carbocycles. The number of carboxylic acids is 1. The Hall–Kier alpha value is -2.70. The first kappa shape index (κ1) is 19.3. The van der Waals surface area contributed by atoms with E-state index in [1.165, 1.54) is 11.3 Å². The summed E-state index contributed by atoms with van der Waals surface area (Å²) in [7, 11) is 0. The van der Waals surface area contributed by atoms with Gasteiger partial charge in [-0.3, -0.25) is 4.79 Å². The third-order valence-electron chi connectivity index (χ3n) is 6.51. The van der Waals surface area contributed by atoms with Crippen LogP contribution >= 0.6 is 11.3 Å². The van der Waals surface area contributed by atoms with Gasteiger partial charge in [-0.1, -0.05) is 24.3 Å². The molecule has 30 heavy (non-hydrogen) atoms. The van der Waals surface area contributed by atoms with E-state index in [2.05, 4.69) is 0 Å². The molecule has 1 spiro atoms. The largest absolute Gasteiger partial charge is 0.477 e. The molecule has 1 amide bonds. The number of nitrogens with zero attached hydrogens (tertiary/aromatic N) is 1. The lowest BCUT2D eigenvalue weighted by atomic mass is 9.78. The van der Waals surface area contributed by atoms with Gasteiger partial charge in [-0.2, -0.15) is 0 Å². The number of thiophene rings is 1. The number of benzene rings is 2. The Kier molecular flexibility index (Phi) is 4.83. The van der Waals surface area contributed by atoms with Gasteiger partial charge >= 0.3 is 5.97 Å². The molecule has 1 N–H and O–H groups in total. The third kappa shape index (κ3) is 3.40. The van der Waals surface area contributed by atoms with Gasteiger partial charge in [0.15, 0.2) is 0 Å². The highest BCUT2D eigenvalue weighted by Gasteiger charge is 2.39. The average molecular weight is 422 g/mol. The molecule has 3 heterocycles. The van der Waals surface area contributed by atoms with E-state index in [4.69, 9.17) is 4.74 Å². The summed E-state index contributed by atoms with van der Waals surface area (Å²) in [6.07, 6.45) is 3.14. The molecule has 1 aromatic heterocycles. The van der Waals surface area contributed by atoms with Crippen LogP contribution in [0.25, 0.3) is 21.2 Å². The van der Waals surface area contributed by atoms with Crippen molar-refractivity contribution in [2.45, 2.75) is 19.3 Å². The topological polar surface area (TPSA) is 66.8 Å². The van der Waals surface area contributed by atoms with Crippen LogP contribution in [0.5, 0.6) is 0 Å². The quantitative estimate of drug-likeness (QED) is 0.653. The number of fused-ring (bicyclic) bond motifs is 1. The highest BCUT2D eigenvalue weighted by atomic mass is 32.1. The summed E-state index contributed by atoms with van der Waals surface area (Å²) in [6, 6.07) is 15.3. The highest BCUT2D eigenvalue weighted by Crippen LogP contribution is 2.39. The van der Waals surface area contributed by atoms with Gasteiger partial charge in [0.05, 0.1) is 6.61 Å². The number of likely N-dealkylation sites (tertiary alicyclic amines) is 1. The van der Waals surface area contributed by atoms with E-state index in [1.54, 1.807) is 6.07 Å². The van der Waals surface area contributed by atoms with Crippen molar-refractivity contribution in [1.82, 2.24) is 4.90 Å². The molecule has 5 nitrogen and oxygen atoms in total. The van der Waals surface area contributed by atoms with Crippen molar-refractivity contribution in [3.63, 3.8) is 0 Å². The number of hydrogen-bond donors (Lipinski definition) is 1. The third-order valence-corrected chi connectivity index (χ3v) is 7.61. The summed E-state index contributed by atoms with van der Waals surface area (Å²) in [4.78, 5) is 27.5. The van der Waals surface area contributed by atoms with Crippen molar-refractivity contribution in [2.75, 3.05) is 26.3 Å². The number of hydrogen-bond acceptors (Lipinski definition) is 4. The molecule has 2 aliphatic heterocycles. The maximum Gasteiger partial charge on any atom is 0.345 e. The second-order valence-corrected chi connectivity index (χ2v) is 9.39. The maximum atomic E-state index is 13.1. The van der Waals surface area contributed by atoms with Crippen LogP contribution < -0.4 is 0 Å². The molecule has 5 rings (SSSR count). The smallest absolute Gasteiger partial charge is 0.345 e. The number of carboxylic acid groups (broad SMARTS) is 1. The van der Waals surface area contributed by atoms with Crippen molar-refractivity contribution in [2.24, 2.45) is 5.41 Å². The Balaban J connectivity index is 1.40. The van der Waals surface area contributed by atoms with Gasteiger partial charge in [-0.15, -0.1) is 11.3 Å². The van der Waals surface area contributed by atoms with Crippen LogP contribution in [0.1, 0.15) is 39.3 Å². The molecule has 2 aromatic carbocycles. The normalized spacial score (nSPS) is 18.2. The van der Waals surface area contributed by atoms with E-state index in [1.807, 2.05) is 47.4 Å². The molecule has 0 bridgehead atoms. The predicted molar refractivity (Wildman–Crippen MR) is 117 cm³/mol. The molecule has 2 saturated heterocycles. The second kappa shape index (κ2) is 7.52. The van der Waals surface area contributed by atoms with Crippen molar-refractivity contribution in [3.8, 4) is 10.4 Å². The molecule has 0 saturated carbocycles. The number of carbonyl (C=O) groups is 2. The molecule has 154 valence electrons. The predicted octanol–water partition coefficient (Wildman–Crippen LogP) is 4.91. The Morgan fingerprint density at radius 2 is 1.87 bits per heavy atom. The number of amides is 1. The Bertz CT molecular complexity index is 1120. The molecular weight excluding hydrogens is 398 g/mol. The summed E-state index contributed by atoms with van der Waals surface area (Å²) in [5.74, 6) is -0.827. The van der Waals surface area contributed by atoms with Crippen molar-refractivity contribution in [3.05, 3.63) is 59.0 Å². The van der Waals surface area contributed by atoms with E-state index < -0.39 is 5.97 Å². The van der Waals surface area contributed by atoms with Gasteiger partial charge in [-0.05, 0) is 65.3 Å². The Labute approximate surface area is 178 Å². The fourth-order valence-electron chi connectivity index (χ4n) is 4.64. The average Bonchev–Trinajstić information content (AvgIpc) is 3.43. The van der Waals surface area contributed by atoms with E-state index in [-0.39, 0.29) is 11.3 Å². The van der Waals surface area contributed by atoms with Crippen LogP contribution in [-0.4, -0.2) is 48.2 Å². The van der Waals surface area contributed by atoms with Gasteiger partial charge in [0.1, 0.15) is 4.88 Å². The van der Waals surface area contributed by atoms with Gasteiger partial charge in [0.25, 0.3) is 5.91 Å². The van der Waals surface area contributed by atoms with Gasteiger partial charge in [0.2, 0.25) is 0 Å². The van der Waals surface area contributed by atoms with Crippen molar-refractivity contribution < 1.29 is 19.4 Å². The number of ether oxygens (including phenoxy) is 1. The standard InChI is InChI=1S/C24H23NO4S/c26-22(25-11-8-24(9-12-25)10-13-29-15-24)17-4-5-18-16(14-17)2-1-3-19(18)20-6-7-21(30-20)23(27)28/h1-7,14H,8-13,15H2,(H,27,28). The Morgan fingerprint density at radius 1 is 1.03 bits per heavy atom. The minimum atomic E-state index is -0.910. The summed E-state index contributed by atoms with van der Waals surface area (Å²) in [5, 5.41) is 11.2. The molecule has 6 heteroatoms. The van der Waals surface area contributed by atoms with Crippen LogP contribution in [0.4, 0.5) is 0 Å². The van der Waals surface area contributed by atoms with Crippen molar-refractivity contribution >= 4 is 34.0 Å². The molecular formula is C24H23NO4S. The van der Waals surface area contributed by atoms with Crippen LogP contribution in [0.15, 0.2) is 48.5 Å². The monoisotopic (exact) mass is 421 g/mol. The Morgan fingerprint density at radius 3 is 2.57 bits per heavy atom. The van der Waals surface area contributed by atoms with Gasteiger partial charge in [0, 0.05) is 30.1 Å². The van der Waals surface area contributed by atoms with E-state index in [0.29, 0.717) is 10.4 Å². The second-order valence-electron chi connectivity index (χ2n) is 8.31. The summed E-state index contributed by atoms with van der Waals surface area (Å²) in [5.41, 5.74) is 1.98. The lowest BCUT2D eigenvalue weighted by Gasteiger charge is -2.38. The SMILES string of the molecule is O=C(O)c1ccc(-c2cccc3cc(C(=O)N4CCC5(CCOC5)CC4)ccc23)s1. The molecule has 3 aromatic rings. The first-order valence-electron chi connectivity index (χ1n) is 10.3. The highest BCUT2D eigenvalue weighted by molar-refractivity contribution is 7.17. The molecule has 2 fully saturated rings. The zero-order chi connectivity index (χ0) is 20.7. The fraction of sp³-hybridized carbons (Fsp3) is 0.333. The first-order chi connectivity index (χ1) is 14.5. The van der Waals surface area contributed by atoms with Gasteiger partial charge < -0.3 is 14.7 Å². The lowest BCUT2D eigenvalue weighted by molar-refractivity contribution is 0.0532. The first-order valence-corrected chi connectivity index (χ1v) is 11.1. The van der Waals surface area contributed by atoms with Crippen LogP contribution in [0, 0.1) is 5.41 Å². The molecule has 2 aliphatic rings. The van der Waals surface area contributed by atoms with Crippen LogP contribution in [-0.2, 0) is 4.74 Å². The summed E-state index contributed by atoms with van der Waals surface area (Å²) in [6.45, 7) is 3.25. The molecule has 0 unspecified atom stereocenters. The number of piperidine rings is 1. The summed E-state index contributed by atoms with van der Waals surface area (Å²) < 4.78 is 5.59. The van der Waals surface area contributed by atoms with Crippen LogP contribution in [0.2, 0.25) is 0 Å². The minimum absolute atomic E-state index is 0.0837. The van der Waals surface area contributed by atoms with E-state index in [9.17, 15) is 14.7 Å². The fourth-order valence-corrected chi connectivity index (χ4v) is 5.52. The number of rotatable bonds is 3. The van der Waals surface area contributed by atoms with Crippen LogP contribution in [0.3, 0.4) is 0 Å². The molecule has 0 radical (unpaired) electrons. The zero-order valence-corrected chi connectivity index (χ0v) is 17.4. The van der Waals surface area contributed by atoms with Gasteiger partial charge in [-0.25, -0.2) is 4.79 Å². The number of carbonyl (C=O) groups excluding carboxylic acids is 1. The maximum absolute atomic E-state index is 13.1. The van der Waals surface area contributed by atoms with E-state index >= 15 is 0 Å². The summed E-state index contributed by atoms with van der Waals surface area (Å²) >= 11 is 1.27. The van der Waals surface area contributed by atoms with Crippen molar-refractivity contribution in [1.29, 1.82) is 0 Å². The lowest BCUT2D eigenvalue weighted by Crippen LogP contribution is -2.43. The van der Waals surface area contributed by atoms with E-state index in [0.717, 1.165) is 66.8 Å². The molecule has 0 atom stereocenters. The number of aromatic carboxylic acids is 1. The zero-order valence-electron chi connectivity index (χ0n) is 16.6.